The molecule has 0 unspecified atom stereocenters. The van der Waals surface area contributed by atoms with Gasteiger partial charge in [-0.3, -0.25) is 14.5 Å². The third kappa shape index (κ3) is 1.50. The van der Waals surface area contributed by atoms with Crippen molar-refractivity contribution in [2.24, 2.45) is 7.05 Å². The van der Waals surface area contributed by atoms with Gasteiger partial charge in [0.2, 0.25) is 0 Å². The monoisotopic (exact) mass is 227 g/mol. The number of hydrogen-bond acceptors (Lipinski definition) is 4. The van der Waals surface area contributed by atoms with Gasteiger partial charge in [-0.15, -0.1) is 0 Å². The van der Waals surface area contributed by atoms with Gasteiger partial charge in [-0.1, -0.05) is 0 Å². The van der Waals surface area contributed by atoms with Crippen molar-refractivity contribution >= 4 is 11.0 Å². The lowest BCUT2D eigenvalue weighted by Gasteiger charge is -2.00. The number of aromatic nitrogens is 5. The van der Waals surface area contributed by atoms with Crippen molar-refractivity contribution in [1.29, 1.82) is 0 Å². The molecule has 3 aromatic rings. The zero-order chi connectivity index (χ0) is 11.8. The summed E-state index contributed by atoms with van der Waals surface area (Å²) in [6, 6.07) is 3.58. The van der Waals surface area contributed by atoms with E-state index in [1.807, 2.05) is 0 Å². The van der Waals surface area contributed by atoms with Crippen LogP contribution in [0.4, 0.5) is 0 Å². The quantitative estimate of drug-likeness (QED) is 0.664. The van der Waals surface area contributed by atoms with E-state index in [2.05, 4.69) is 20.1 Å². The second kappa shape index (κ2) is 3.51. The summed E-state index contributed by atoms with van der Waals surface area (Å²) in [5.74, 6) is 0.526. The van der Waals surface area contributed by atoms with E-state index in [4.69, 9.17) is 0 Å². The molecule has 3 heterocycles. The van der Waals surface area contributed by atoms with Crippen LogP contribution in [0.25, 0.3) is 22.4 Å². The molecule has 0 amide bonds. The first-order valence-electron chi connectivity index (χ1n) is 5.08. The summed E-state index contributed by atoms with van der Waals surface area (Å²) in [6.07, 6.45) is 4.89. The molecule has 84 valence electrons. The third-order valence-electron chi connectivity index (χ3n) is 2.55. The first kappa shape index (κ1) is 9.71. The van der Waals surface area contributed by atoms with Crippen LogP contribution in [-0.2, 0) is 7.05 Å². The fourth-order valence-electron chi connectivity index (χ4n) is 1.73. The molecule has 0 saturated carbocycles. The molecule has 0 aliphatic carbocycles. The average Bonchev–Trinajstić information content (AvgIpc) is 2.73. The topological polar surface area (TPSA) is 76.5 Å². The van der Waals surface area contributed by atoms with Gasteiger partial charge in [0, 0.05) is 25.0 Å². The largest absolute Gasteiger partial charge is 0.305 e. The van der Waals surface area contributed by atoms with Crippen LogP contribution in [0.5, 0.6) is 0 Å². The minimum atomic E-state index is -0.193. The summed E-state index contributed by atoms with van der Waals surface area (Å²) in [7, 11) is 1.71. The average molecular weight is 227 g/mol. The molecule has 3 rings (SSSR count). The van der Waals surface area contributed by atoms with Gasteiger partial charge in [-0.25, -0.2) is 4.98 Å². The summed E-state index contributed by atoms with van der Waals surface area (Å²) < 4.78 is 1.51. The van der Waals surface area contributed by atoms with Gasteiger partial charge >= 0.3 is 0 Å². The maximum atomic E-state index is 11.9. The highest BCUT2D eigenvalue weighted by Crippen LogP contribution is 2.14. The van der Waals surface area contributed by atoms with Crippen molar-refractivity contribution in [2.45, 2.75) is 0 Å². The van der Waals surface area contributed by atoms with Crippen LogP contribution < -0.4 is 5.56 Å². The molecule has 6 heteroatoms. The third-order valence-corrected chi connectivity index (χ3v) is 2.55. The number of fused-ring (bicyclic) bond motifs is 1. The Hall–Kier alpha value is -2.50. The summed E-state index contributed by atoms with van der Waals surface area (Å²) >= 11 is 0. The Bertz CT molecular complexity index is 728. The minimum absolute atomic E-state index is 0.193. The molecule has 17 heavy (non-hydrogen) atoms. The molecule has 1 N–H and O–H groups in total. The van der Waals surface area contributed by atoms with Crippen molar-refractivity contribution in [3.63, 3.8) is 0 Å². The summed E-state index contributed by atoms with van der Waals surface area (Å²) in [5, 5.41) is 4.01. The van der Waals surface area contributed by atoms with Gasteiger partial charge in [-0.05, 0) is 12.1 Å². The fourth-order valence-corrected chi connectivity index (χ4v) is 1.73. The van der Waals surface area contributed by atoms with Crippen LogP contribution in [-0.4, -0.2) is 24.7 Å². The maximum absolute atomic E-state index is 11.9. The molecule has 0 radical (unpaired) electrons. The number of pyridine rings is 1. The van der Waals surface area contributed by atoms with E-state index in [0.717, 1.165) is 5.56 Å². The van der Waals surface area contributed by atoms with Crippen molar-refractivity contribution in [2.75, 3.05) is 0 Å². The molecular weight excluding hydrogens is 218 g/mol. The first-order valence-corrected chi connectivity index (χ1v) is 5.08. The SMILES string of the molecule is Cn1ncc2nc(-c3ccncc3)[nH]c(=O)c21. The summed E-state index contributed by atoms with van der Waals surface area (Å²) in [6.45, 7) is 0. The number of nitrogens with one attached hydrogen (secondary N) is 1. The zero-order valence-electron chi connectivity index (χ0n) is 9.08. The minimum Gasteiger partial charge on any atom is -0.305 e. The Kier molecular flexibility index (Phi) is 2.01. The molecule has 0 fully saturated rings. The van der Waals surface area contributed by atoms with Gasteiger partial charge in [0.1, 0.15) is 11.3 Å². The number of aromatic amines is 1. The summed E-state index contributed by atoms with van der Waals surface area (Å²) in [4.78, 5) is 22.9. The molecule has 6 nitrogen and oxygen atoms in total. The van der Waals surface area contributed by atoms with Crippen LogP contribution in [0.3, 0.4) is 0 Å². The van der Waals surface area contributed by atoms with Crippen LogP contribution in [0.15, 0.2) is 35.5 Å². The Morgan fingerprint density at radius 2 is 2.06 bits per heavy atom. The van der Waals surface area contributed by atoms with Crippen molar-refractivity contribution in [3.05, 3.63) is 41.1 Å². The highest BCUT2D eigenvalue weighted by molar-refractivity contribution is 5.75. The van der Waals surface area contributed by atoms with Gasteiger partial charge < -0.3 is 4.98 Å². The second-order valence-corrected chi connectivity index (χ2v) is 3.65. The van der Waals surface area contributed by atoms with Crippen molar-refractivity contribution in [3.8, 4) is 11.4 Å². The molecule has 0 spiro atoms. The Morgan fingerprint density at radius 3 is 2.82 bits per heavy atom. The predicted molar refractivity (Wildman–Crippen MR) is 62.4 cm³/mol. The molecular formula is C11H9N5O. The molecule has 0 saturated heterocycles. The van der Waals surface area contributed by atoms with E-state index in [0.29, 0.717) is 16.9 Å². The number of aryl methyl sites for hydroxylation is 1. The Balaban J connectivity index is 2.30. The molecule has 3 aromatic heterocycles. The number of H-pyrrole nitrogens is 1. The highest BCUT2D eigenvalue weighted by Gasteiger charge is 2.08. The maximum Gasteiger partial charge on any atom is 0.277 e. The van der Waals surface area contributed by atoms with E-state index in [1.54, 1.807) is 37.8 Å². The lowest BCUT2D eigenvalue weighted by Crippen LogP contribution is -2.12. The van der Waals surface area contributed by atoms with E-state index in [-0.39, 0.29) is 5.56 Å². The van der Waals surface area contributed by atoms with Gasteiger partial charge in [0.05, 0.1) is 6.20 Å². The fraction of sp³-hybridized carbons (Fsp3) is 0.0909. The molecule has 0 bridgehead atoms. The van der Waals surface area contributed by atoms with E-state index < -0.39 is 0 Å². The lowest BCUT2D eigenvalue weighted by molar-refractivity contribution is 0.792. The zero-order valence-corrected chi connectivity index (χ0v) is 9.08. The highest BCUT2D eigenvalue weighted by atomic mass is 16.1. The molecule has 0 aliphatic rings. The van der Waals surface area contributed by atoms with Crippen LogP contribution in [0.1, 0.15) is 0 Å². The standard InChI is InChI=1S/C11H9N5O/c1-16-9-8(6-13-16)14-10(15-11(9)17)7-2-4-12-5-3-7/h2-6H,1H3,(H,14,15,17). The van der Waals surface area contributed by atoms with Gasteiger partial charge in [-0.2, -0.15) is 5.10 Å². The summed E-state index contributed by atoms with van der Waals surface area (Å²) in [5.41, 5.74) is 1.69. The van der Waals surface area contributed by atoms with Gasteiger partial charge in [0.25, 0.3) is 5.56 Å². The predicted octanol–water partition coefficient (Wildman–Crippen LogP) is 0.719. The normalized spacial score (nSPS) is 10.9. The molecule has 0 aliphatic heterocycles. The van der Waals surface area contributed by atoms with Crippen LogP contribution in [0, 0.1) is 0 Å². The number of nitrogens with zero attached hydrogens (tertiary/aromatic N) is 4. The number of rotatable bonds is 1. The second-order valence-electron chi connectivity index (χ2n) is 3.65. The Labute approximate surface area is 96.0 Å². The molecule has 0 atom stereocenters. The smallest absolute Gasteiger partial charge is 0.277 e. The Morgan fingerprint density at radius 1 is 1.29 bits per heavy atom. The van der Waals surface area contributed by atoms with Crippen LogP contribution >= 0.6 is 0 Å². The van der Waals surface area contributed by atoms with Gasteiger partial charge in [0.15, 0.2) is 5.52 Å². The molecule has 0 aromatic carbocycles. The lowest BCUT2D eigenvalue weighted by atomic mass is 10.2. The van der Waals surface area contributed by atoms with E-state index in [9.17, 15) is 4.79 Å². The van der Waals surface area contributed by atoms with E-state index in [1.165, 1.54) is 4.68 Å². The first-order chi connectivity index (χ1) is 8.25. The van der Waals surface area contributed by atoms with Crippen molar-refractivity contribution < 1.29 is 0 Å². The van der Waals surface area contributed by atoms with E-state index >= 15 is 0 Å². The number of hydrogen-bond donors (Lipinski definition) is 1. The van der Waals surface area contributed by atoms with Crippen molar-refractivity contribution in [1.82, 2.24) is 24.7 Å². The van der Waals surface area contributed by atoms with Crippen LogP contribution in [0.2, 0.25) is 0 Å².